The third-order valence-corrected chi connectivity index (χ3v) is 5.96. The van der Waals surface area contributed by atoms with Crippen LogP contribution in [-0.4, -0.2) is 53.4 Å². The largest absolute Gasteiger partial charge is 0.463 e. The molecule has 0 bridgehead atoms. The highest BCUT2D eigenvalue weighted by atomic mass is 32.1. The minimum Gasteiger partial charge on any atom is -0.463 e. The fourth-order valence-corrected chi connectivity index (χ4v) is 4.21. The van der Waals surface area contributed by atoms with Crippen LogP contribution in [0.5, 0.6) is 0 Å². The minimum absolute atomic E-state index is 0.0852. The zero-order valence-electron chi connectivity index (χ0n) is 16.6. The van der Waals surface area contributed by atoms with Crippen molar-refractivity contribution in [1.82, 2.24) is 20.1 Å². The number of furan rings is 1. The van der Waals surface area contributed by atoms with E-state index in [1.807, 2.05) is 17.5 Å². The van der Waals surface area contributed by atoms with Crippen LogP contribution in [0.1, 0.15) is 16.1 Å². The zero-order chi connectivity index (χ0) is 20.1. The summed E-state index contributed by atoms with van der Waals surface area (Å²) in [5.41, 5.74) is 3.26. The van der Waals surface area contributed by atoms with Gasteiger partial charge in [0, 0.05) is 38.1 Å². The van der Waals surface area contributed by atoms with E-state index in [4.69, 9.17) is 4.42 Å². The Hall–Kier alpha value is -2.48. The van der Waals surface area contributed by atoms with Crippen LogP contribution >= 0.6 is 11.3 Å². The van der Waals surface area contributed by atoms with Gasteiger partial charge in [-0.05, 0) is 24.6 Å². The second-order valence-electron chi connectivity index (χ2n) is 7.42. The van der Waals surface area contributed by atoms with E-state index >= 15 is 0 Å². The summed E-state index contributed by atoms with van der Waals surface area (Å²) < 4.78 is 5.41. The number of aryl methyl sites for hydroxylation is 1. The van der Waals surface area contributed by atoms with Crippen molar-refractivity contribution in [2.45, 2.75) is 20.0 Å². The number of hydrogen-bond donors (Lipinski definition) is 1. The highest BCUT2D eigenvalue weighted by Gasteiger charge is 2.20. The monoisotopic (exact) mass is 410 g/mol. The van der Waals surface area contributed by atoms with Gasteiger partial charge in [0.2, 0.25) is 5.91 Å². The topological polar surface area (TPSA) is 61.6 Å². The van der Waals surface area contributed by atoms with Gasteiger partial charge in [0.25, 0.3) is 0 Å². The number of rotatable bonds is 7. The number of hydrogen-bond acceptors (Lipinski definition) is 6. The van der Waals surface area contributed by atoms with E-state index in [-0.39, 0.29) is 5.91 Å². The lowest BCUT2D eigenvalue weighted by Gasteiger charge is -2.33. The molecular weight excluding hydrogens is 384 g/mol. The lowest BCUT2D eigenvalue weighted by Crippen LogP contribution is -2.49. The molecule has 1 amide bonds. The van der Waals surface area contributed by atoms with E-state index < -0.39 is 0 Å². The Balaban J connectivity index is 1.18. The Bertz CT molecular complexity index is 913. The molecule has 1 aromatic carbocycles. The van der Waals surface area contributed by atoms with E-state index in [0.29, 0.717) is 13.1 Å². The molecule has 1 aliphatic heterocycles. The number of aromatic nitrogens is 1. The first-order valence-corrected chi connectivity index (χ1v) is 10.8. The van der Waals surface area contributed by atoms with Gasteiger partial charge in [-0.2, -0.15) is 0 Å². The van der Waals surface area contributed by atoms with Gasteiger partial charge in [-0.15, -0.1) is 11.3 Å². The van der Waals surface area contributed by atoms with Gasteiger partial charge in [0.1, 0.15) is 10.7 Å². The van der Waals surface area contributed by atoms with Crippen LogP contribution in [0.3, 0.4) is 0 Å². The average molecular weight is 411 g/mol. The zero-order valence-corrected chi connectivity index (χ0v) is 17.5. The SMILES string of the molecule is Cc1ccc(CNC(=O)CN2CCN(Cc3nc(-c4ccco4)cs3)CC2)cc1. The van der Waals surface area contributed by atoms with Gasteiger partial charge in [0.05, 0.1) is 19.4 Å². The first-order valence-electron chi connectivity index (χ1n) is 9.91. The molecule has 1 N–H and O–H groups in total. The van der Waals surface area contributed by atoms with Gasteiger partial charge in [0.15, 0.2) is 5.76 Å². The Morgan fingerprint density at radius 1 is 1.14 bits per heavy atom. The quantitative estimate of drug-likeness (QED) is 0.648. The molecule has 0 radical (unpaired) electrons. The number of nitrogens with zero attached hydrogens (tertiary/aromatic N) is 3. The van der Waals surface area contributed by atoms with Crippen molar-refractivity contribution in [1.29, 1.82) is 0 Å². The van der Waals surface area contributed by atoms with Gasteiger partial charge in [-0.3, -0.25) is 14.6 Å². The van der Waals surface area contributed by atoms with Gasteiger partial charge < -0.3 is 9.73 Å². The van der Waals surface area contributed by atoms with Crippen molar-refractivity contribution in [3.63, 3.8) is 0 Å². The molecule has 152 valence electrons. The Morgan fingerprint density at radius 3 is 2.62 bits per heavy atom. The van der Waals surface area contributed by atoms with Crippen LogP contribution in [0.2, 0.25) is 0 Å². The van der Waals surface area contributed by atoms with Crippen molar-refractivity contribution < 1.29 is 9.21 Å². The summed E-state index contributed by atoms with van der Waals surface area (Å²) in [6.07, 6.45) is 1.67. The Labute approximate surface area is 175 Å². The molecule has 0 spiro atoms. The van der Waals surface area contributed by atoms with E-state index in [9.17, 15) is 4.79 Å². The molecule has 0 aliphatic carbocycles. The lowest BCUT2D eigenvalue weighted by molar-refractivity contribution is -0.122. The highest BCUT2D eigenvalue weighted by Crippen LogP contribution is 2.23. The third-order valence-electron chi connectivity index (χ3n) is 5.13. The first-order chi connectivity index (χ1) is 14.2. The van der Waals surface area contributed by atoms with Crippen molar-refractivity contribution in [3.8, 4) is 11.5 Å². The molecule has 4 rings (SSSR count). The average Bonchev–Trinajstić information content (AvgIpc) is 3.41. The summed E-state index contributed by atoms with van der Waals surface area (Å²) in [5.74, 6) is 0.899. The summed E-state index contributed by atoms with van der Waals surface area (Å²) in [6.45, 7) is 7.64. The minimum atomic E-state index is 0.0852. The molecule has 0 atom stereocenters. The van der Waals surface area contributed by atoms with E-state index in [0.717, 1.165) is 54.7 Å². The molecule has 0 saturated carbocycles. The Kier molecular flexibility index (Phi) is 6.39. The second kappa shape index (κ2) is 9.35. The normalized spacial score (nSPS) is 15.5. The summed E-state index contributed by atoms with van der Waals surface area (Å²) in [6, 6.07) is 12.1. The van der Waals surface area contributed by atoms with E-state index in [1.165, 1.54) is 5.56 Å². The molecule has 3 heterocycles. The van der Waals surface area contributed by atoms with Crippen LogP contribution in [0, 0.1) is 6.92 Å². The number of thiazole rings is 1. The van der Waals surface area contributed by atoms with E-state index in [1.54, 1.807) is 17.6 Å². The molecule has 29 heavy (non-hydrogen) atoms. The summed E-state index contributed by atoms with van der Waals surface area (Å²) in [4.78, 5) is 21.5. The summed E-state index contributed by atoms with van der Waals surface area (Å²) in [7, 11) is 0. The molecule has 2 aromatic heterocycles. The fraction of sp³-hybridized carbons (Fsp3) is 0.364. The summed E-state index contributed by atoms with van der Waals surface area (Å²) >= 11 is 1.67. The van der Waals surface area contributed by atoms with Crippen LogP contribution < -0.4 is 5.32 Å². The maximum absolute atomic E-state index is 12.3. The van der Waals surface area contributed by atoms with Gasteiger partial charge in [-0.1, -0.05) is 29.8 Å². The number of benzene rings is 1. The lowest BCUT2D eigenvalue weighted by atomic mass is 10.1. The van der Waals surface area contributed by atoms with Gasteiger partial charge in [-0.25, -0.2) is 4.98 Å². The molecule has 0 unspecified atom stereocenters. The predicted molar refractivity (Wildman–Crippen MR) is 115 cm³/mol. The third kappa shape index (κ3) is 5.53. The molecule has 3 aromatic rings. The number of carbonyl (C=O) groups excluding carboxylic acids is 1. The number of piperazine rings is 1. The Morgan fingerprint density at radius 2 is 1.90 bits per heavy atom. The number of carbonyl (C=O) groups is 1. The molecule has 6 nitrogen and oxygen atoms in total. The highest BCUT2D eigenvalue weighted by molar-refractivity contribution is 7.09. The van der Waals surface area contributed by atoms with Gasteiger partial charge >= 0.3 is 0 Å². The van der Waals surface area contributed by atoms with Crippen LogP contribution in [-0.2, 0) is 17.9 Å². The maximum Gasteiger partial charge on any atom is 0.234 e. The van der Waals surface area contributed by atoms with Crippen LogP contribution in [0.15, 0.2) is 52.5 Å². The van der Waals surface area contributed by atoms with Crippen LogP contribution in [0.4, 0.5) is 0 Å². The number of amides is 1. The predicted octanol–water partition coefficient (Wildman–Crippen LogP) is 3.15. The summed E-state index contributed by atoms with van der Waals surface area (Å²) in [5, 5.41) is 6.16. The molecule has 1 aliphatic rings. The molecule has 1 saturated heterocycles. The molecule has 7 heteroatoms. The molecular formula is C22H26N4O2S. The number of nitrogens with one attached hydrogen (secondary N) is 1. The van der Waals surface area contributed by atoms with Crippen molar-refractivity contribution >= 4 is 17.2 Å². The first kappa shape index (κ1) is 19.8. The fourth-order valence-electron chi connectivity index (χ4n) is 3.38. The smallest absolute Gasteiger partial charge is 0.234 e. The molecule has 1 fully saturated rings. The van der Waals surface area contributed by atoms with E-state index in [2.05, 4.69) is 51.3 Å². The van der Waals surface area contributed by atoms with Crippen molar-refractivity contribution in [3.05, 3.63) is 64.2 Å². The second-order valence-corrected chi connectivity index (χ2v) is 8.36. The maximum atomic E-state index is 12.3. The van der Waals surface area contributed by atoms with Crippen LogP contribution in [0.25, 0.3) is 11.5 Å². The standard InChI is InChI=1S/C22H26N4O2S/c1-17-4-6-18(7-5-17)13-23-21(27)14-25-8-10-26(11-9-25)15-22-24-19(16-29-22)20-3-2-12-28-20/h2-7,12,16H,8-11,13-15H2,1H3,(H,23,27). The van der Waals surface area contributed by atoms with Crippen molar-refractivity contribution in [2.75, 3.05) is 32.7 Å². The van der Waals surface area contributed by atoms with Crippen molar-refractivity contribution in [2.24, 2.45) is 0 Å².